The smallest absolute Gasteiger partial charge is 0.319 e. The van der Waals surface area contributed by atoms with Crippen LogP contribution in [-0.4, -0.2) is 44.0 Å². The lowest BCUT2D eigenvalue weighted by atomic mass is 10.1. The van der Waals surface area contributed by atoms with Crippen molar-refractivity contribution in [3.05, 3.63) is 29.8 Å². The van der Waals surface area contributed by atoms with Gasteiger partial charge in [-0.15, -0.1) is 0 Å². The van der Waals surface area contributed by atoms with Crippen molar-refractivity contribution in [3.8, 4) is 0 Å². The van der Waals surface area contributed by atoms with Gasteiger partial charge in [-0.1, -0.05) is 25.5 Å². The third kappa shape index (κ3) is 5.84. The number of amides is 1. The van der Waals surface area contributed by atoms with E-state index >= 15 is 0 Å². The third-order valence-corrected chi connectivity index (χ3v) is 2.82. The number of carbonyl (C=O) groups excluding carboxylic acids is 2. The minimum absolute atomic E-state index is 0.0966. The lowest BCUT2D eigenvalue weighted by Crippen LogP contribution is -2.34. The number of benzene rings is 1. The van der Waals surface area contributed by atoms with Gasteiger partial charge in [0, 0.05) is 5.69 Å². The van der Waals surface area contributed by atoms with Gasteiger partial charge < -0.3 is 10.1 Å². The average molecular weight is 278 g/mol. The van der Waals surface area contributed by atoms with Crippen LogP contribution in [0.4, 0.5) is 5.69 Å². The lowest BCUT2D eigenvalue weighted by molar-refractivity contribution is -0.141. The Kier molecular flexibility index (Phi) is 6.73. The highest BCUT2D eigenvalue weighted by Gasteiger charge is 2.10. The molecule has 0 bridgehead atoms. The highest BCUT2D eigenvalue weighted by Crippen LogP contribution is 2.10. The van der Waals surface area contributed by atoms with Crippen LogP contribution in [0.25, 0.3) is 0 Å². The van der Waals surface area contributed by atoms with Gasteiger partial charge >= 0.3 is 5.97 Å². The molecular weight excluding hydrogens is 256 g/mol. The number of hydrogen-bond acceptors (Lipinski definition) is 4. The van der Waals surface area contributed by atoms with Crippen LogP contribution in [0, 0.1) is 0 Å². The van der Waals surface area contributed by atoms with Crippen LogP contribution in [0.15, 0.2) is 24.3 Å². The second-order valence-corrected chi connectivity index (χ2v) is 4.74. The Morgan fingerprint density at radius 2 is 1.85 bits per heavy atom. The molecule has 0 aliphatic carbocycles. The Morgan fingerprint density at radius 3 is 2.40 bits per heavy atom. The van der Waals surface area contributed by atoms with Crippen molar-refractivity contribution in [2.75, 3.05) is 32.6 Å². The van der Waals surface area contributed by atoms with E-state index in [1.165, 1.54) is 12.7 Å². The van der Waals surface area contributed by atoms with Crippen LogP contribution in [0.3, 0.4) is 0 Å². The zero-order valence-electron chi connectivity index (χ0n) is 12.3. The zero-order valence-corrected chi connectivity index (χ0v) is 12.3. The number of hydrogen-bond donors (Lipinski definition) is 1. The summed E-state index contributed by atoms with van der Waals surface area (Å²) in [7, 11) is 3.02. The highest BCUT2D eigenvalue weighted by molar-refractivity contribution is 5.92. The van der Waals surface area contributed by atoms with E-state index in [2.05, 4.69) is 17.0 Å². The van der Waals surface area contributed by atoms with Gasteiger partial charge in [-0.3, -0.25) is 14.5 Å². The maximum absolute atomic E-state index is 11.8. The van der Waals surface area contributed by atoms with Crippen LogP contribution in [0.2, 0.25) is 0 Å². The zero-order chi connectivity index (χ0) is 15.0. The molecule has 1 aromatic rings. The van der Waals surface area contributed by atoms with Crippen LogP contribution >= 0.6 is 0 Å². The van der Waals surface area contributed by atoms with Crippen LogP contribution in [0.1, 0.15) is 18.9 Å². The van der Waals surface area contributed by atoms with E-state index in [4.69, 9.17) is 0 Å². The van der Waals surface area contributed by atoms with Crippen LogP contribution in [0.5, 0.6) is 0 Å². The third-order valence-electron chi connectivity index (χ3n) is 2.82. The quantitative estimate of drug-likeness (QED) is 0.771. The number of nitrogens with zero attached hydrogens (tertiary/aromatic N) is 1. The summed E-state index contributed by atoms with van der Waals surface area (Å²) in [6.45, 7) is 2.37. The average Bonchev–Trinajstić information content (AvgIpc) is 2.40. The number of carbonyl (C=O) groups is 2. The van der Waals surface area contributed by atoms with Crippen LogP contribution < -0.4 is 5.32 Å². The van der Waals surface area contributed by atoms with Crippen molar-refractivity contribution in [1.29, 1.82) is 0 Å². The first-order valence-electron chi connectivity index (χ1n) is 6.69. The highest BCUT2D eigenvalue weighted by atomic mass is 16.5. The normalized spacial score (nSPS) is 10.4. The van der Waals surface area contributed by atoms with Gasteiger partial charge in [0.1, 0.15) is 0 Å². The molecular formula is C15H22N2O3. The Hall–Kier alpha value is -1.88. The molecule has 0 atom stereocenters. The standard InChI is InChI=1S/C15H22N2O3/c1-4-5-12-6-8-13(9-7-12)16-14(18)10-17(2)11-15(19)20-3/h6-9H,4-5,10-11H2,1-3H3,(H,16,18). The summed E-state index contributed by atoms with van der Waals surface area (Å²) in [6.07, 6.45) is 2.14. The molecule has 0 saturated carbocycles. The van der Waals surface area contributed by atoms with Crippen molar-refractivity contribution in [2.45, 2.75) is 19.8 Å². The second-order valence-electron chi connectivity index (χ2n) is 4.74. The summed E-state index contributed by atoms with van der Waals surface area (Å²) in [5, 5.41) is 2.80. The van der Waals surface area contributed by atoms with Gasteiger partial charge in [-0.05, 0) is 31.2 Å². The first-order valence-corrected chi connectivity index (χ1v) is 6.69. The van der Waals surface area contributed by atoms with Gasteiger partial charge in [0.25, 0.3) is 0 Å². The maximum atomic E-state index is 11.8. The fourth-order valence-corrected chi connectivity index (χ4v) is 1.83. The first-order chi connectivity index (χ1) is 9.55. The largest absolute Gasteiger partial charge is 0.468 e. The number of anilines is 1. The monoisotopic (exact) mass is 278 g/mol. The van der Waals surface area contributed by atoms with Gasteiger partial charge in [0.15, 0.2) is 0 Å². The molecule has 0 aliphatic rings. The predicted molar refractivity (Wildman–Crippen MR) is 78.6 cm³/mol. The topological polar surface area (TPSA) is 58.6 Å². The second kappa shape index (κ2) is 8.32. The Morgan fingerprint density at radius 1 is 1.20 bits per heavy atom. The maximum Gasteiger partial charge on any atom is 0.319 e. The number of ether oxygens (including phenoxy) is 1. The molecule has 0 aromatic heterocycles. The molecule has 1 aromatic carbocycles. The van der Waals surface area contributed by atoms with Gasteiger partial charge in [0.2, 0.25) is 5.91 Å². The molecule has 0 unspecified atom stereocenters. The summed E-state index contributed by atoms with van der Waals surface area (Å²) in [6, 6.07) is 7.81. The van der Waals surface area contributed by atoms with Crippen LogP contribution in [-0.2, 0) is 20.7 Å². The summed E-state index contributed by atoms with van der Waals surface area (Å²) >= 11 is 0. The van der Waals surface area contributed by atoms with Crippen molar-refractivity contribution in [1.82, 2.24) is 4.90 Å². The predicted octanol–water partition coefficient (Wildman–Crippen LogP) is 1.68. The SMILES string of the molecule is CCCc1ccc(NC(=O)CN(C)CC(=O)OC)cc1. The van der Waals surface area contributed by atoms with E-state index in [9.17, 15) is 9.59 Å². The number of aryl methyl sites for hydroxylation is 1. The van der Waals surface area contributed by atoms with E-state index in [1.807, 2.05) is 24.3 Å². The number of methoxy groups -OCH3 is 1. The molecule has 0 fully saturated rings. The van der Waals surface area contributed by atoms with E-state index in [-0.39, 0.29) is 25.0 Å². The summed E-state index contributed by atoms with van der Waals surface area (Å²) in [5.41, 5.74) is 2.02. The van der Waals surface area contributed by atoms with E-state index in [0.29, 0.717) is 0 Å². The van der Waals surface area contributed by atoms with Gasteiger partial charge in [-0.25, -0.2) is 0 Å². The molecule has 1 amide bonds. The molecule has 1 N–H and O–H groups in total. The van der Waals surface area contributed by atoms with Gasteiger partial charge in [0.05, 0.1) is 20.2 Å². The Labute approximate surface area is 119 Å². The fraction of sp³-hybridized carbons (Fsp3) is 0.467. The fourth-order valence-electron chi connectivity index (χ4n) is 1.83. The molecule has 5 nitrogen and oxygen atoms in total. The van der Waals surface area contributed by atoms with Gasteiger partial charge in [-0.2, -0.15) is 0 Å². The molecule has 1 rings (SSSR count). The molecule has 0 radical (unpaired) electrons. The lowest BCUT2D eigenvalue weighted by Gasteiger charge is -2.14. The molecule has 0 spiro atoms. The number of likely N-dealkylation sites (N-methyl/N-ethyl adjacent to an activating group) is 1. The Bertz CT molecular complexity index is 443. The van der Waals surface area contributed by atoms with E-state index < -0.39 is 0 Å². The van der Waals surface area contributed by atoms with E-state index in [1.54, 1.807) is 11.9 Å². The van der Waals surface area contributed by atoms with E-state index in [0.717, 1.165) is 18.5 Å². The molecule has 5 heteroatoms. The first kappa shape index (κ1) is 16.2. The van der Waals surface area contributed by atoms with Crippen molar-refractivity contribution in [3.63, 3.8) is 0 Å². The number of rotatable bonds is 7. The minimum atomic E-state index is -0.357. The molecule has 20 heavy (non-hydrogen) atoms. The summed E-state index contributed by atoms with van der Waals surface area (Å²) in [4.78, 5) is 24.5. The molecule has 0 heterocycles. The minimum Gasteiger partial charge on any atom is -0.468 e. The number of nitrogens with one attached hydrogen (secondary N) is 1. The van der Waals surface area contributed by atoms with Crippen molar-refractivity contribution >= 4 is 17.6 Å². The Balaban J connectivity index is 2.43. The summed E-state index contributed by atoms with van der Waals surface area (Å²) in [5.74, 6) is -0.510. The van der Waals surface area contributed by atoms with Crippen molar-refractivity contribution < 1.29 is 14.3 Å². The molecule has 0 aliphatic heterocycles. The molecule has 110 valence electrons. The van der Waals surface area contributed by atoms with Crippen molar-refractivity contribution in [2.24, 2.45) is 0 Å². The summed E-state index contributed by atoms with van der Waals surface area (Å²) < 4.78 is 4.54. The molecule has 0 saturated heterocycles. The number of esters is 1.